The molecule has 0 saturated heterocycles. The van der Waals surface area contributed by atoms with Crippen molar-refractivity contribution < 1.29 is 0 Å². The monoisotopic (exact) mass is 438 g/mol. The first-order valence-electron chi connectivity index (χ1n) is 8.01. The van der Waals surface area contributed by atoms with Gasteiger partial charge in [-0.3, -0.25) is 4.68 Å². The summed E-state index contributed by atoms with van der Waals surface area (Å²) in [4.78, 5) is 6.92. The van der Waals surface area contributed by atoms with Gasteiger partial charge in [0.05, 0.1) is 11.4 Å². The number of fused-ring (bicyclic) bond motifs is 1. The van der Waals surface area contributed by atoms with Crippen molar-refractivity contribution in [1.29, 1.82) is 0 Å². The molecular formula is C17H23IN6. The Hall–Kier alpha value is -1.48. The Kier molecular flexibility index (Phi) is 4.65. The Morgan fingerprint density at radius 2 is 1.96 bits per heavy atom. The van der Waals surface area contributed by atoms with Crippen LogP contribution in [0.15, 0.2) is 12.3 Å². The number of aromatic nitrogens is 5. The number of nitrogens with zero attached hydrogens (tertiary/aromatic N) is 6. The maximum atomic E-state index is 4.80. The third-order valence-corrected chi connectivity index (χ3v) is 4.85. The number of hydrogen-bond acceptors (Lipinski definition) is 4. The van der Waals surface area contributed by atoms with Gasteiger partial charge in [-0.05, 0) is 55.6 Å². The largest absolute Gasteiger partial charge is 0.303 e. The third kappa shape index (κ3) is 3.06. The lowest BCUT2D eigenvalue weighted by Gasteiger charge is -2.15. The Morgan fingerprint density at radius 1 is 1.25 bits per heavy atom. The molecule has 3 heterocycles. The van der Waals surface area contributed by atoms with E-state index in [1.54, 1.807) is 4.68 Å². The van der Waals surface area contributed by atoms with Crippen molar-refractivity contribution in [3.63, 3.8) is 0 Å². The van der Waals surface area contributed by atoms with E-state index in [0.717, 1.165) is 32.7 Å². The molecule has 3 rings (SSSR count). The molecule has 0 saturated carbocycles. The van der Waals surface area contributed by atoms with E-state index in [1.165, 1.54) is 11.3 Å². The van der Waals surface area contributed by atoms with Gasteiger partial charge in [0.25, 0.3) is 0 Å². The summed E-state index contributed by atoms with van der Waals surface area (Å²) < 4.78 is 4.90. The molecule has 0 aliphatic heterocycles. The lowest BCUT2D eigenvalue weighted by Crippen LogP contribution is -2.15. The van der Waals surface area contributed by atoms with Gasteiger partial charge in [-0.15, -0.1) is 0 Å². The van der Waals surface area contributed by atoms with Crippen LogP contribution in [0.25, 0.3) is 16.7 Å². The van der Waals surface area contributed by atoms with E-state index in [2.05, 4.69) is 59.4 Å². The second-order valence-electron chi connectivity index (χ2n) is 6.76. The molecule has 0 amide bonds. The van der Waals surface area contributed by atoms with Crippen LogP contribution >= 0.6 is 22.6 Å². The SMILES string of the molecule is Cc1c(C(C)C)c(I)nn1-c1cc2cn(C)nc2nc1CN(C)C. The molecule has 0 radical (unpaired) electrons. The summed E-state index contributed by atoms with van der Waals surface area (Å²) in [6.45, 7) is 7.30. The summed E-state index contributed by atoms with van der Waals surface area (Å²) >= 11 is 2.33. The van der Waals surface area contributed by atoms with Crippen LogP contribution in [0, 0.1) is 10.6 Å². The van der Waals surface area contributed by atoms with Crippen molar-refractivity contribution in [2.75, 3.05) is 14.1 Å². The van der Waals surface area contributed by atoms with Crippen molar-refractivity contribution in [1.82, 2.24) is 29.4 Å². The zero-order valence-corrected chi connectivity index (χ0v) is 17.2. The first kappa shape index (κ1) is 17.3. The molecule has 0 aliphatic rings. The minimum atomic E-state index is 0.443. The highest BCUT2D eigenvalue weighted by atomic mass is 127. The van der Waals surface area contributed by atoms with Crippen molar-refractivity contribution in [2.24, 2.45) is 7.05 Å². The lowest BCUT2D eigenvalue weighted by atomic mass is 10.1. The summed E-state index contributed by atoms with van der Waals surface area (Å²) in [5.74, 6) is 0.443. The molecule has 0 spiro atoms. The van der Waals surface area contributed by atoms with Crippen LogP contribution in [0.1, 0.15) is 36.7 Å². The van der Waals surface area contributed by atoms with E-state index in [0.29, 0.717) is 5.92 Å². The van der Waals surface area contributed by atoms with Crippen molar-refractivity contribution >= 4 is 33.6 Å². The van der Waals surface area contributed by atoms with E-state index in [9.17, 15) is 0 Å². The van der Waals surface area contributed by atoms with Crippen molar-refractivity contribution in [3.05, 3.63) is 32.9 Å². The molecule has 0 atom stereocenters. The fraction of sp³-hybridized carbons (Fsp3) is 0.471. The minimum Gasteiger partial charge on any atom is -0.303 e. The van der Waals surface area contributed by atoms with Gasteiger partial charge < -0.3 is 4.90 Å². The molecule has 0 aliphatic carbocycles. The summed E-state index contributed by atoms with van der Waals surface area (Å²) in [5.41, 5.74) is 5.29. The molecule has 6 nitrogen and oxygen atoms in total. The molecule has 0 bridgehead atoms. The first-order chi connectivity index (χ1) is 11.3. The van der Waals surface area contributed by atoms with E-state index >= 15 is 0 Å². The molecule has 0 unspecified atom stereocenters. The van der Waals surface area contributed by atoms with Crippen LogP contribution in [0.2, 0.25) is 0 Å². The smallest absolute Gasteiger partial charge is 0.181 e. The van der Waals surface area contributed by atoms with Gasteiger partial charge in [0.15, 0.2) is 5.65 Å². The minimum absolute atomic E-state index is 0.443. The van der Waals surface area contributed by atoms with Crippen LogP contribution in [0.3, 0.4) is 0 Å². The zero-order valence-electron chi connectivity index (χ0n) is 15.0. The second-order valence-corrected chi connectivity index (χ2v) is 7.79. The molecule has 0 N–H and O–H groups in total. The lowest BCUT2D eigenvalue weighted by molar-refractivity contribution is 0.396. The molecule has 7 heteroatoms. The molecular weight excluding hydrogens is 415 g/mol. The van der Waals surface area contributed by atoms with Crippen molar-refractivity contribution in [2.45, 2.75) is 33.2 Å². The Bertz CT molecular complexity index is 890. The van der Waals surface area contributed by atoms with Crippen LogP contribution in [-0.4, -0.2) is 43.5 Å². The molecule has 24 heavy (non-hydrogen) atoms. The topological polar surface area (TPSA) is 51.8 Å². The highest BCUT2D eigenvalue weighted by Crippen LogP contribution is 2.28. The number of hydrogen-bond donors (Lipinski definition) is 0. The highest BCUT2D eigenvalue weighted by molar-refractivity contribution is 14.1. The summed E-state index contributed by atoms with van der Waals surface area (Å²) in [7, 11) is 6.02. The molecule has 3 aromatic rings. The van der Waals surface area contributed by atoms with Gasteiger partial charge in [0, 0.05) is 36.4 Å². The van der Waals surface area contributed by atoms with Gasteiger partial charge in [-0.25, -0.2) is 9.67 Å². The quantitative estimate of drug-likeness (QED) is 0.587. The van der Waals surface area contributed by atoms with Crippen LogP contribution in [0.4, 0.5) is 0 Å². The van der Waals surface area contributed by atoms with Gasteiger partial charge in [-0.1, -0.05) is 13.8 Å². The van der Waals surface area contributed by atoms with E-state index in [1.807, 2.05) is 32.0 Å². The van der Waals surface area contributed by atoms with E-state index in [-0.39, 0.29) is 0 Å². The Morgan fingerprint density at radius 3 is 2.54 bits per heavy atom. The summed E-state index contributed by atoms with van der Waals surface area (Å²) in [6.07, 6.45) is 2.00. The fourth-order valence-electron chi connectivity index (χ4n) is 3.07. The first-order valence-corrected chi connectivity index (χ1v) is 9.09. The average molecular weight is 438 g/mol. The van der Waals surface area contributed by atoms with Crippen LogP contribution in [-0.2, 0) is 13.6 Å². The van der Waals surface area contributed by atoms with Gasteiger partial charge in [0.1, 0.15) is 3.70 Å². The summed E-state index contributed by atoms with van der Waals surface area (Å²) in [5, 5.41) is 10.3. The van der Waals surface area contributed by atoms with E-state index in [4.69, 9.17) is 10.1 Å². The molecule has 0 aromatic carbocycles. The standard InChI is InChI=1S/C17H23IN6/c1-10(2)15-11(3)24(20-16(15)18)14-7-12-8-23(6)21-17(12)19-13(14)9-22(4)5/h7-8,10H,9H2,1-6H3. The molecule has 128 valence electrons. The predicted octanol–water partition coefficient (Wildman–Crippen LogP) is 3.25. The van der Waals surface area contributed by atoms with Gasteiger partial charge in [0.2, 0.25) is 0 Å². The average Bonchev–Trinajstić information content (AvgIpc) is 2.95. The maximum Gasteiger partial charge on any atom is 0.181 e. The van der Waals surface area contributed by atoms with Gasteiger partial charge in [-0.2, -0.15) is 10.2 Å². The normalized spacial score (nSPS) is 12.0. The maximum absolute atomic E-state index is 4.80. The summed E-state index contributed by atoms with van der Waals surface area (Å²) in [6, 6.07) is 2.15. The van der Waals surface area contributed by atoms with Gasteiger partial charge >= 0.3 is 0 Å². The highest BCUT2D eigenvalue weighted by Gasteiger charge is 2.20. The van der Waals surface area contributed by atoms with Crippen LogP contribution < -0.4 is 0 Å². The fourth-order valence-corrected chi connectivity index (χ4v) is 4.30. The number of halogens is 1. The number of pyridine rings is 1. The van der Waals surface area contributed by atoms with Crippen molar-refractivity contribution in [3.8, 4) is 5.69 Å². The van der Waals surface area contributed by atoms with E-state index < -0.39 is 0 Å². The zero-order chi connectivity index (χ0) is 17.6. The Labute approximate surface area is 156 Å². The Balaban J connectivity index is 2.25. The van der Waals surface area contributed by atoms with Crippen LogP contribution in [0.5, 0.6) is 0 Å². The molecule has 3 aromatic heterocycles. The number of rotatable bonds is 4. The number of aryl methyl sites for hydroxylation is 1. The predicted molar refractivity (Wildman–Crippen MR) is 105 cm³/mol. The second kappa shape index (κ2) is 6.44. The molecule has 0 fully saturated rings. The third-order valence-electron chi connectivity index (χ3n) is 4.05.